The topological polar surface area (TPSA) is 40.2 Å². The molecule has 11 heavy (non-hydrogen) atoms. The first-order chi connectivity index (χ1) is 4.89. The molecule has 1 amide bonds. The largest absolute Gasteiger partial charge is 0.343 e. The molecular weight excluding hydrogens is 142 g/mol. The molecule has 0 aliphatic carbocycles. The Kier molecular flexibility index (Phi) is 3.52. The predicted octanol–water partition coefficient (Wildman–Crippen LogP) is 0.921. The molecule has 0 aromatic heterocycles. The second-order valence-corrected chi connectivity index (χ2v) is 3.68. The molecule has 1 radical (unpaired) electrons. The molecule has 0 unspecified atom stereocenters. The number of likely N-dealkylation sites (N-methyl/N-ethyl adjacent to an activating group) is 1. The Hall–Kier alpha value is -0.570. The van der Waals surface area contributed by atoms with Crippen LogP contribution >= 0.6 is 0 Å². The highest BCUT2D eigenvalue weighted by Gasteiger charge is 2.24. The highest BCUT2D eigenvalue weighted by atomic mass is 16.3. The van der Waals surface area contributed by atoms with E-state index in [0.29, 0.717) is 6.54 Å². The molecule has 3 heteroatoms. The van der Waals surface area contributed by atoms with E-state index in [4.69, 9.17) is 0 Å². The van der Waals surface area contributed by atoms with Crippen LogP contribution in [0.3, 0.4) is 0 Å². The fourth-order valence-corrected chi connectivity index (χ4v) is 0.811. The number of amides is 1. The fourth-order valence-electron chi connectivity index (χ4n) is 0.811. The number of rotatable bonds is 2. The molecule has 0 fully saturated rings. The van der Waals surface area contributed by atoms with Crippen molar-refractivity contribution in [2.24, 2.45) is 5.41 Å². The number of hydrogen-bond acceptors (Lipinski definition) is 1. The molecule has 0 heterocycles. The third-order valence-electron chi connectivity index (χ3n) is 1.41. The first-order valence-corrected chi connectivity index (χ1v) is 3.73. The Morgan fingerprint density at radius 3 is 2.09 bits per heavy atom. The van der Waals surface area contributed by atoms with Crippen LogP contribution in [0.4, 0.5) is 0 Å². The zero-order valence-corrected chi connectivity index (χ0v) is 7.68. The molecule has 0 atom stereocenters. The summed E-state index contributed by atoms with van der Waals surface area (Å²) >= 11 is 0. The van der Waals surface area contributed by atoms with Gasteiger partial charge >= 0.3 is 0 Å². The van der Waals surface area contributed by atoms with Crippen molar-refractivity contribution in [3.8, 4) is 0 Å². The summed E-state index contributed by atoms with van der Waals surface area (Å²) in [7, 11) is 1.66. The predicted molar refractivity (Wildman–Crippen MR) is 42.6 cm³/mol. The van der Waals surface area contributed by atoms with Crippen molar-refractivity contribution in [3.63, 3.8) is 0 Å². The van der Waals surface area contributed by atoms with Gasteiger partial charge in [0.2, 0.25) is 5.91 Å². The Balaban J connectivity index is 4.03. The average molecular weight is 158 g/mol. The van der Waals surface area contributed by atoms with E-state index >= 15 is 0 Å². The van der Waals surface area contributed by atoms with Crippen LogP contribution in [0.5, 0.6) is 0 Å². The summed E-state index contributed by atoms with van der Waals surface area (Å²) in [5.74, 6) is 0.0216. The van der Waals surface area contributed by atoms with Crippen LogP contribution in [0.25, 0.3) is 0 Å². The second kappa shape index (κ2) is 3.72. The summed E-state index contributed by atoms with van der Waals surface area (Å²) in [6.45, 7) is 5.61. The zero-order valence-electron chi connectivity index (χ0n) is 7.68. The van der Waals surface area contributed by atoms with Gasteiger partial charge in [0, 0.05) is 19.0 Å². The van der Waals surface area contributed by atoms with Gasteiger partial charge in [0.05, 0.1) is 6.61 Å². The summed E-state index contributed by atoms with van der Waals surface area (Å²) in [6.07, 6.45) is 0. The van der Waals surface area contributed by atoms with Gasteiger partial charge < -0.3 is 4.90 Å². The number of nitrogens with zero attached hydrogens (tertiary/aromatic N) is 1. The molecule has 0 aromatic rings. The molecule has 0 spiro atoms. The van der Waals surface area contributed by atoms with Crippen LogP contribution in [0, 0.1) is 5.41 Å². The molecule has 0 aliphatic rings. The van der Waals surface area contributed by atoms with E-state index in [1.807, 2.05) is 20.8 Å². The SMILES string of the molecule is CN(CC[O])C(=O)C(C)(C)C. The summed E-state index contributed by atoms with van der Waals surface area (Å²) in [5, 5.41) is 10.2. The van der Waals surface area contributed by atoms with Gasteiger partial charge in [-0.2, -0.15) is 0 Å². The smallest absolute Gasteiger partial charge is 0.227 e. The lowest BCUT2D eigenvalue weighted by Crippen LogP contribution is -2.38. The monoisotopic (exact) mass is 158 g/mol. The van der Waals surface area contributed by atoms with Gasteiger partial charge in [-0.3, -0.25) is 4.79 Å². The van der Waals surface area contributed by atoms with Crippen LogP contribution < -0.4 is 0 Å². The quantitative estimate of drug-likeness (QED) is 0.589. The van der Waals surface area contributed by atoms with Crippen molar-refractivity contribution in [2.75, 3.05) is 20.2 Å². The summed E-state index contributed by atoms with van der Waals surface area (Å²) in [4.78, 5) is 12.8. The maximum absolute atomic E-state index is 11.3. The van der Waals surface area contributed by atoms with Crippen molar-refractivity contribution < 1.29 is 9.90 Å². The van der Waals surface area contributed by atoms with E-state index in [9.17, 15) is 9.90 Å². The standard InChI is InChI=1S/C8H16NO2/c1-8(2,3)7(11)9(4)5-6-10/h5-6H2,1-4H3. The molecule has 0 aliphatic heterocycles. The summed E-state index contributed by atoms with van der Waals surface area (Å²) in [5.41, 5.74) is -0.371. The van der Waals surface area contributed by atoms with Gasteiger partial charge in [-0.05, 0) is 0 Å². The Morgan fingerprint density at radius 2 is 1.82 bits per heavy atom. The van der Waals surface area contributed by atoms with E-state index in [-0.39, 0.29) is 17.9 Å². The van der Waals surface area contributed by atoms with Crippen molar-refractivity contribution in [3.05, 3.63) is 0 Å². The average Bonchev–Trinajstić information content (AvgIpc) is 1.85. The number of carbonyl (C=O) groups is 1. The Bertz CT molecular complexity index is 138. The molecule has 0 aromatic carbocycles. The van der Waals surface area contributed by atoms with Crippen LogP contribution in [-0.2, 0) is 9.90 Å². The number of hydrogen-bond donors (Lipinski definition) is 0. The third-order valence-corrected chi connectivity index (χ3v) is 1.41. The van der Waals surface area contributed by atoms with Crippen LogP contribution in [-0.4, -0.2) is 31.0 Å². The third kappa shape index (κ3) is 3.37. The first-order valence-electron chi connectivity index (χ1n) is 3.73. The minimum atomic E-state index is -0.371. The molecule has 0 saturated carbocycles. The van der Waals surface area contributed by atoms with E-state index < -0.39 is 0 Å². The second-order valence-electron chi connectivity index (χ2n) is 3.68. The van der Waals surface area contributed by atoms with Crippen molar-refractivity contribution in [1.29, 1.82) is 0 Å². The van der Waals surface area contributed by atoms with Crippen LogP contribution in [0.15, 0.2) is 0 Å². The normalized spacial score (nSPS) is 11.4. The van der Waals surface area contributed by atoms with E-state index in [1.54, 1.807) is 7.05 Å². The maximum atomic E-state index is 11.3. The van der Waals surface area contributed by atoms with Crippen molar-refractivity contribution in [1.82, 2.24) is 4.90 Å². The first kappa shape index (κ1) is 10.4. The minimum Gasteiger partial charge on any atom is -0.343 e. The van der Waals surface area contributed by atoms with Crippen molar-refractivity contribution >= 4 is 5.91 Å². The zero-order chi connectivity index (χ0) is 9.07. The van der Waals surface area contributed by atoms with Crippen LogP contribution in [0.1, 0.15) is 20.8 Å². The molecule has 0 bridgehead atoms. The van der Waals surface area contributed by atoms with Gasteiger partial charge in [0.1, 0.15) is 0 Å². The van der Waals surface area contributed by atoms with Crippen LogP contribution in [0.2, 0.25) is 0 Å². The molecular formula is C8H16NO2. The lowest BCUT2D eigenvalue weighted by molar-refractivity contribution is -0.138. The number of carbonyl (C=O) groups excluding carboxylic acids is 1. The van der Waals surface area contributed by atoms with Gasteiger partial charge in [-0.15, -0.1) is 0 Å². The molecule has 0 N–H and O–H groups in total. The fraction of sp³-hybridized carbons (Fsp3) is 0.875. The Labute approximate surface area is 68.0 Å². The summed E-state index contributed by atoms with van der Waals surface area (Å²) in [6, 6.07) is 0. The van der Waals surface area contributed by atoms with E-state index in [1.165, 1.54) is 4.90 Å². The molecule has 0 rings (SSSR count). The van der Waals surface area contributed by atoms with Gasteiger partial charge in [0.15, 0.2) is 0 Å². The lowest BCUT2D eigenvalue weighted by Gasteiger charge is -2.24. The summed E-state index contributed by atoms with van der Waals surface area (Å²) < 4.78 is 0. The van der Waals surface area contributed by atoms with Gasteiger partial charge in [0.25, 0.3) is 0 Å². The highest BCUT2D eigenvalue weighted by Crippen LogP contribution is 2.15. The van der Waals surface area contributed by atoms with E-state index in [0.717, 1.165) is 0 Å². The molecule has 3 nitrogen and oxygen atoms in total. The molecule has 0 saturated heterocycles. The minimum absolute atomic E-state index is 0.0216. The maximum Gasteiger partial charge on any atom is 0.227 e. The Morgan fingerprint density at radius 1 is 1.36 bits per heavy atom. The molecule has 65 valence electrons. The van der Waals surface area contributed by atoms with Gasteiger partial charge in [-0.25, -0.2) is 5.11 Å². The van der Waals surface area contributed by atoms with Crippen molar-refractivity contribution in [2.45, 2.75) is 20.8 Å². The van der Waals surface area contributed by atoms with Gasteiger partial charge in [-0.1, -0.05) is 20.8 Å². The highest BCUT2D eigenvalue weighted by molar-refractivity contribution is 5.81. The van der Waals surface area contributed by atoms with E-state index in [2.05, 4.69) is 0 Å². The lowest BCUT2D eigenvalue weighted by atomic mass is 9.95.